The van der Waals surface area contributed by atoms with Crippen molar-refractivity contribution >= 4 is 11.6 Å². The monoisotopic (exact) mass is 393 g/mol. The standard InChI is InChI=1S/C24H31N3O2/c1-16-12-18-14-22(29-3)19(13-21(18)27(2)24(16)28)15-26-20-10-7-11-25-23(20)17-8-5-4-6-9-17/h4-6,8-9,13-14,16,20,23,25-26H,7,10-12,15H2,1-3H3/t16?,20?,23-/m0/s1. The number of carbonyl (C=O) groups is 1. The first-order valence-electron chi connectivity index (χ1n) is 10.6. The Labute approximate surface area is 173 Å². The number of benzene rings is 2. The van der Waals surface area contributed by atoms with Gasteiger partial charge in [0.15, 0.2) is 0 Å². The molecule has 0 radical (unpaired) electrons. The van der Waals surface area contributed by atoms with Gasteiger partial charge in [-0.15, -0.1) is 0 Å². The summed E-state index contributed by atoms with van der Waals surface area (Å²) in [5.74, 6) is 1.09. The lowest BCUT2D eigenvalue weighted by Gasteiger charge is -2.34. The fourth-order valence-electron chi connectivity index (χ4n) is 4.68. The van der Waals surface area contributed by atoms with E-state index in [1.165, 1.54) is 11.1 Å². The topological polar surface area (TPSA) is 53.6 Å². The quantitative estimate of drug-likeness (QED) is 0.817. The molecule has 1 amide bonds. The Kier molecular flexibility index (Phi) is 5.88. The van der Waals surface area contributed by atoms with Crippen LogP contribution in [0.1, 0.15) is 42.5 Å². The lowest BCUT2D eigenvalue weighted by Crippen LogP contribution is -2.45. The fraction of sp³-hybridized carbons (Fsp3) is 0.458. The number of anilines is 1. The predicted octanol–water partition coefficient (Wildman–Crippen LogP) is 3.43. The van der Waals surface area contributed by atoms with Crippen LogP contribution in [0.3, 0.4) is 0 Å². The van der Waals surface area contributed by atoms with Gasteiger partial charge in [0.25, 0.3) is 0 Å². The summed E-state index contributed by atoms with van der Waals surface area (Å²) in [6.45, 7) is 3.75. The summed E-state index contributed by atoms with van der Waals surface area (Å²) in [6, 6.07) is 15.5. The van der Waals surface area contributed by atoms with Gasteiger partial charge in [0.1, 0.15) is 5.75 Å². The Balaban J connectivity index is 1.55. The van der Waals surface area contributed by atoms with Crippen LogP contribution in [0.25, 0.3) is 0 Å². The summed E-state index contributed by atoms with van der Waals surface area (Å²) >= 11 is 0. The third kappa shape index (κ3) is 4.02. The van der Waals surface area contributed by atoms with Crippen molar-refractivity contribution in [1.29, 1.82) is 0 Å². The molecule has 1 fully saturated rings. The van der Waals surface area contributed by atoms with Gasteiger partial charge in [-0.2, -0.15) is 0 Å². The van der Waals surface area contributed by atoms with Crippen molar-refractivity contribution in [3.8, 4) is 5.75 Å². The van der Waals surface area contributed by atoms with Gasteiger partial charge in [0.05, 0.1) is 7.11 Å². The Bertz CT molecular complexity index is 868. The summed E-state index contributed by atoms with van der Waals surface area (Å²) in [5.41, 5.74) is 4.60. The molecular formula is C24H31N3O2. The third-order valence-electron chi connectivity index (χ3n) is 6.29. The average molecular weight is 394 g/mol. The van der Waals surface area contributed by atoms with E-state index in [9.17, 15) is 4.79 Å². The van der Waals surface area contributed by atoms with Crippen LogP contribution < -0.4 is 20.3 Å². The van der Waals surface area contributed by atoms with Gasteiger partial charge in [0, 0.05) is 42.8 Å². The second-order valence-corrected chi connectivity index (χ2v) is 8.27. The largest absolute Gasteiger partial charge is 0.496 e. The van der Waals surface area contributed by atoms with E-state index in [-0.39, 0.29) is 11.8 Å². The maximum atomic E-state index is 12.4. The van der Waals surface area contributed by atoms with Crippen molar-refractivity contribution in [2.75, 3.05) is 25.6 Å². The van der Waals surface area contributed by atoms with Gasteiger partial charge in [0.2, 0.25) is 5.91 Å². The van der Waals surface area contributed by atoms with Crippen LogP contribution in [-0.4, -0.2) is 32.7 Å². The SMILES string of the molecule is COc1cc2c(cc1CNC1CCCN[C@H]1c1ccccc1)N(C)C(=O)C(C)C2. The van der Waals surface area contributed by atoms with E-state index in [1.54, 1.807) is 12.0 Å². The molecule has 5 heteroatoms. The molecule has 0 aromatic heterocycles. The minimum atomic E-state index is 0.0149. The molecule has 2 aromatic carbocycles. The van der Waals surface area contributed by atoms with Gasteiger partial charge in [-0.05, 0) is 49.1 Å². The second kappa shape index (κ2) is 8.56. The van der Waals surface area contributed by atoms with Crippen LogP contribution >= 0.6 is 0 Å². The molecule has 1 saturated heterocycles. The van der Waals surface area contributed by atoms with E-state index in [0.717, 1.165) is 42.8 Å². The summed E-state index contributed by atoms with van der Waals surface area (Å²) in [5, 5.41) is 7.43. The lowest BCUT2D eigenvalue weighted by molar-refractivity contribution is -0.121. The maximum Gasteiger partial charge on any atom is 0.229 e. The molecule has 2 N–H and O–H groups in total. The molecular weight excluding hydrogens is 362 g/mol. The summed E-state index contributed by atoms with van der Waals surface area (Å²) in [6.07, 6.45) is 3.07. The molecule has 2 aliphatic rings. The molecule has 2 unspecified atom stereocenters. The Morgan fingerprint density at radius 2 is 2.03 bits per heavy atom. The zero-order valence-electron chi connectivity index (χ0n) is 17.6. The van der Waals surface area contributed by atoms with Gasteiger partial charge in [-0.3, -0.25) is 4.79 Å². The lowest BCUT2D eigenvalue weighted by atomic mass is 9.91. The van der Waals surface area contributed by atoms with Crippen molar-refractivity contribution < 1.29 is 9.53 Å². The number of nitrogens with zero attached hydrogens (tertiary/aromatic N) is 1. The zero-order valence-corrected chi connectivity index (χ0v) is 17.6. The number of nitrogens with one attached hydrogen (secondary N) is 2. The molecule has 0 saturated carbocycles. The molecule has 2 heterocycles. The first kappa shape index (κ1) is 19.9. The summed E-state index contributed by atoms with van der Waals surface area (Å²) in [7, 11) is 3.60. The highest BCUT2D eigenvalue weighted by Crippen LogP contribution is 2.35. The van der Waals surface area contributed by atoms with E-state index >= 15 is 0 Å². The smallest absolute Gasteiger partial charge is 0.229 e. The van der Waals surface area contributed by atoms with Gasteiger partial charge in [-0.1, -0.05) is 37.3 Å². The normalized spacial score (nSPS) is 24.3. The number of rotatable bonds is 5. The minimum Gasteiger partial charge on any atom is -0.496 e. The summed E-state index contributed by atoms with van der Waals surface area (Å²) < 4.78 is 5.70. The van der Waals surface area contributed by atoms with Crippen molar-refractivity contribution in [3.63, 3.8) is 0 Å². The highest BCUT2D eigenvalue weighted by Gasteiger charge is 2.29. The van der Waals surface area contributed by atoms with Crippen molar-refractivity contribution in [2.24, 2.45) is 5.92 Å². The molecule has 0 spiro atoms. The third-order valence-corrected chi connectivity index (χ3v) is 6.29. The van der Waals surface area contributed by atoms with Crippen LogP contribution in [0.15, 0.2) is 42.5 Å². The first-order valence-corrected chi connectivity index (χ1v) is 10.6. The van der Waals surface area contributed by atoms with E-state index in [2.05, 4.69) is 53.1 Å². The number of hydrogen-bond donors (Lipinski definition) is 2. The van der Waals surface area contributed by atoms with Gasteiger partial charge in [-0.25, -0.2) is 0 Å². The van der Waals surface area contributed by atoms with Gasteiger partial charge < -0.3 is 20.3 Å². The first-order chi connectivity index (χ1) is 14.1. The average Bonchev–Trinajstić information content (AvgIpc) is 2.76. The number of ether oxygens (including phenoxy) is 1. The van der Waals surface area contributed by atoms with E-state index in [0.29, 0.717) is 18.6 Å². The highest BCUT2D eigenvalue weighted by molar-refractivity contribution is 5.97. The van der Waals surface area contributed by atoms with E-state index in [1.807, 2.05) is 14.0 Å². The molecule has 154 valence electrons. The van der Waals surface area contributed by atoms with Crippen molar-refractivity contribution in [1.82, 2.24) is 10.6 Å². The molecule has 4 rings (SSSR count). The van der Waals surface area contributed by atoms with Crippen LogP contribution in [0.4, 0.5) is 5.69 Å². The Hall–Kier alpha value is -2.37. The van der Waals surface area contributed by atoms with Crippen LogP contribution in [0.2, 0.25) is 0 Å². The molecule has 5 nitrogen and oxygen atoms in total. The van der Waals surface area contributed by atoms with Crippen molar-refractivity contribution in [3.05, 3.63) is 59.2 Å². The van der Waals surface area contributed by atoms with Crippen molar-refractivity contribution in [2.45, 2.75) is 44.8 Å². The second-order valence-electron chi connectivity index (χ2n) is 8.27. The number of piperidine rings is 1. The minimum absolute atomic E-state index is 0.0149. The Morgan fingerprint density at radius 3 is 2.79 bits per heavy atom. The predicted molar refractivity (Wildman–Crippen MR) is 116 cm³/mol. The molecule has 2 aromatic rings. The Morgan fingerprint density at radius 1 is 1.24 bits per heavy atom. The zero-order chi connectivity index (χ0) is 20.4. The van der Waals surface area contributed by atoms with E-state index < -0.39 is 0 Å². The number of carbonyl (C=O) groups excluding carboxylic acids is 1. The highest BCUT2D eigenvalue weighted by atomic mass is 16.5. The van der Waals surface area contributed by atoms with Crippen LogP contribution in [0, 0.1) is 5.92 Å². The number of hydrogen-bond acceptors (Lipinski definition) is 4. The summed E-state index contributed by atoms with van der Waals surface area (Å²) in [4.78, 5) is 14.2. The molecule has 0 aliphatic carbocycles. The number of methoxy groups -OCH3 is 1. The van der Waals surface area contributed by atoms with Crippen LogP contribution in [-0.2, 0) is 17.8 Å². The molecule has 2 aliphatic heterocycles. The van der Waals surface area contributed by atoms with E-state index in [4.69, 9.17) is 4.74 Å². The number of fused-ring (bicyclic) bond motifs is 1. The maximum absolute atomic E-state index is 12.4. The molecule has 3 atom stereocenters. The molecule has 29 heavy (non-hydrogen) atoms. The molecule has 0 bridgehead atoms. The van der Waals surface area contributed by atoms with Crippen LogP contribution in [0.5, 0.6) is 5.75 Å². The van der Waals surface area contributed by atoms with Gasteiger partial charge >= 0.3 is 0 Å². The number of amides is 1. The fourth-order valence-corrected chi connectivity index (χ4v) is 4.68.